The van der Waals surface area contributed by atoms with Gasteiger partial charge in [-0.3, -0.25) is 4.68 Å². The van der Waals surface area contributed by atoms with Crippen molar-refractivity contribution in [1.29, 1.82) is 0 Å². The molecule has 3 aromatic rings. The maximum atomic E-state index is 5.15. The smallest absolute Gasteiger partial charge is 0.209 e. The van der Waals surface area contributed by atoms with Crippen molar-refractivity contribution in [3.63, 3.8) is 0 Å². The van der Waals surface area contributed by atoms with Gasteiger partial charge in [0.05, 0.1) is 25.4 Å². The summed E-state index contributed by atoms with van der Waals surface area (Å²) in [7, 11) is 1.65. The number of aryl methyl sites for hydroxylation is 1. The zero-order chi connectivity index (χ0) is 15.5. The van der Waals surface area contributed by atoms with E-state index in [-0.39, 0.29) is 0 Å². The van der Waals surface area contributed by atoms with E-state index in [4.69, 9.17) is 4.74 Å². The van der Waals surface area contributed by atoms with Crippen LogP contribution in [0.3, 0.4) is 0 Å². The van der Waals surface area contributed by atoms with E-state index in [1.54, 1.807) is 18.1 Å². The lowest BCUT2D eigenvalue weighted by atomic mass is 10.2. The summed E-state index contributed by atoms with van der Waals surface area (Å²) in [5.41, 5.74) is 1.99. The minimum atomic E-state index is 0.565. The Balaban J connectivity index is 1.79. The van der Waals surface area contributed by atoms with Crippen molar-refractivity contribution < 1.29 is 4.74 Å². The first-order valence-corrected chi connectivity index (χ1v) is 7.91. The summed E-state index contributed by atoms with van der Waals surface area (Å²) in [4.78, 5) is 1.58. The lowest BCUT2D eigenvalue weighted by Crippen LogP contribution is -2.04. The van der Waals surface area contributed by atoms with E-state index < -0.39 is 0 Å². The predicted octanol–water partition coefficient (Wildman–Crippen LogP) is 2.22. The molecule has 0 unspecified atom stereocenters. The van der Waals surface area contributed by atoms with Crippen LogP contribution in [-0.2, 0) is 13.1 Å². The van der Waals surface area contributed by atoms with Gasteiger partial charge in [-0.05, 0) is 52.4 Å². The molecule has 2 aromatic heterocycles. The van der Waals surface area contributed by atoms with Gasteiger partial charge >= 0.3 is 0 Å². The Bertz CT molecular complexity index is 764. The molecule has 0 fully saturated rings. The highest BCUT2D eigenvalue weighted by molar-refractivity contribution is 14.1. The van der Waals surface area contributed by atoms with Crippen LogP contribution in [0, 0.1) is 3.70 Å². The zero-order valence-electron chi connectivity index (χ0n) is 12.3. The Kier molecular flexibility index (Phi) is 4.36. The molecule has 0 atom stereocenters. The molecule has 0 radical (unpaired) electrons. The molecule has 0 spiro atoms. The SMILES string of the molecule is CCn1ncc(-c2nnn(Cc3ccc(OC)cc3)n2)c1I. The van der Waals surface area contributed by atoms with Crippen LogP contribution in [0.25, 0.3) is 11.4 Å². The summed E-state index contributed by atoms with van der Waals surface area (Å²) < 4.78 is 8.07. The number of halogens is 1. The number of tetrazole rings is 1. The molecule has 0 saturated heterocycles. The quantitative estimate of drug-likeness (QED) is 0.604. The van der Waals surface area contributed by atoms with E-state index in [0.29, 0.717) is 12.4 Å². The van der Waals surface area contributed by atoms with Crippen LogP contribution >= 0.6 is 22.6 Å². The van der Waals surface area contributed by atoms with Gasteiger partial charge in [-0.1, -0.05) is 12.1 Å². The highest BCUT2D eigenvalue weighted by Gasteiger charge is 2.14. The van der Waals surface area contributed by atoms with E-state index >= 15 is 0 Å². The van der Waals surface area contributed by atoms with Crippen molar-refractivity contribution in [3.8, 4) is 17.1 Å². The second-order valence-electron chi connectivity index (χ2n) is 4.66. The molecule has 8 heteroatoms. The molecule has 0 aliphatic heterocycles. The molecule has 0 saturated carbocycles. The molecule has 0 amide bonds. The molecule has 1 aromatic carbocycles. The number of benzene rings is 1. The number of hydrogen-bond acceptors (Lipinski definition) is 5. The predicted molar refractivity (Wildman–Crippen MR) is 89.5 cm³/mol. The first-order valence-electron chi connectivity index (χ1n) is 6.83. The first-order chi connectivity index (χ1) is 10.7. The summed E-state index contributed by atoms with van der Waals surface area (Å²) in [5.74, 6) is 1.43. The fourth-order valence-electron chi connectivity index (χ4n) is 2.05. The van der Waals surface area contributed by atoms with Crippen molar-refractivity contribution in [2.45, 2.75) is 20.0 Å². The molecule has 2 heterocycles. The lowest BCUT2D eigenvalue weighted by molar-refractivity contribution is 0.414. The summed E-state index contributed by atoms with van der Waals surface area (Å²) in [5, 5.41) is 17.0. The second kappa shape index (κ2) is 6.42. The third-order valence-electron chi connectivity index (χ3n) is 3.25. The number of ether oxygens (including phenoxy) is 1. The Hall–Kier alpha value is -1.97. The zero-order valence-corrected chi connectivity index (χ0v) is 14.4. The van der Waals surface area contributed by atoms with E-state index in [1.165, 1.54) is 0 Å². The molecule has 0 aliphatic carbocycles. The summed E-state index contributed by atoms with van der Waals surface area (Å²) in [6.07, 6.45) is 1.78. The molecule has 114 valence electrons. The van der Waals surface area contributed by atoms with Crippen molar-refractivity contribution in [2.24, 2.45) is 0 Å². The van der Waals surface area contributed by atoms with Gasteiger partial charge in [-0.25, -0.2) is 0 Å². The molecular formula is C14H15IN6O. The minimum absolute atomic E-state index is 0.565. The highest BCUT2D eigenvalue weighted by Crippen LogP contribution is 2.21. The Morgan fingerprint density at radius 1 is 1.23 bits per heavy atom. The van der Waals surface area contributed by atoms with E-state index in [9.17, 15) is 0 Å². The van der Waals surface area contributed by atoms with Gasteiger partial charge in [0.1, 0.15) is 9.45 Å². The van der Waals surface area contributed by atoms with Crippen LogP contribution in [-0.4, -0.2) is 37.1 Å². The van der Waals surface area contributed by atoms with E-state index in [1.807, 2.05) is 35.9 Å². The fourth-order valence-corrected chi connectivity index (χ4v) is 2.90. The largest absolute Gasteiger partial charge is 0.497 e. The van der Waals surface area contributed by atoms with E-state index in [2.05, 4.69) is 43.1 Å². The van der Waals surface area contributed by atoms with Gasteiger partial charge in [-0.2, -0.15) is 9.90 Å². The molecule has 0 bridgehead atoms. The van der Waals surface area contributed by atoms with Crippen molar-refractivity contribution in [1.82, 2.24) is 30.0 Å². The van der Waals surface area contributed by atoms with Crippen LogP contribution in [0.4, 0.5) is 0 Å². The first kappa shape index (κ1) is 14.9. The topological polar surface area (TPSA) is 70.7 Å². The number of aromatic nitrogens is 6. The standard InChI is InChI=1S/C14H15IN6O/c1-3-20-13(15)12(8-16-20)14-17-19-21(18-14)9-10-4-6-11(22-2)7-5-10/h4-8H,3,9H2,1-2H3. The average Bonchev–Trinajstić information content (AvgIpc) is 3.14. The molecule has 0 N–H and O–H groups in total. The Morgan fingerprint density at radius 2 is 2.00 bits per heavy atom. The maximum Gasteiger partial charge on any atom is 0.209 e. The van der Waals surface area contributed by atoms with Gasteiger partial charge in [0.25, 0.3) is 0 Å². The molecule has 3 rings (SSSR count). The monoisotopic (exact) mass is 410 g/mol. The summed E-state index contributed by atoms with van der Waals surface area (Å²) in [6.45, 7) is 3.43. The van der Waals surface area contributed by atoms with Crippen molar-refractivity contribution >= 4 is 22.6 Å². The van der Waals surface area contributed by atoms with Crippen molar-refractivity contribution in [2.75, 3.05) is 7.11 Å². The Morgan fingerprint density at radius 3 is 2.64 bits per heavy atom. The van der Waals surface area contributed by atoms with Gasteiger partial charge in [0.2, 0.25) is 5.82 Å². The van der Waals surface area contributed by atoms with Crippen LogP contribution in [0.1, 0.15) is 12.5 Å². The summed E-state index contributed by atoms with van der Waals surface area (Å²) >= 11 is 2.25. The number of methoxy groups -OCH3 is 1. The maximum absolute atomic E-state index is 5.15. The molecule has 0 aliphatic rings. The van der Waals surface area contributed by atoms with Gasteiger partial charge in [0.15, 0.2) is 0 Å². The highest BCUT2D eigenvalue weighted by atomic mass is 127. The molecular weight excluding hydrogens is 395 g/mol. The number of rotatable bonds is 5. The summed E-state index contributed by atoms with van der Waals surface area (Å²) in [6, 6.07) is 7.81. The third-order valence-corrected chi connectivity index (χ3v) is 4.39. The van der Waals surface area contributed by atoms with Crippen LogP contribution in [0.5, 0.6) is 5.75 Å². The van der Waals surface area contributed by atoms with Crippen LogP contribution in [0.2, 0.25) is 0 Å². The van der Waals surface area contributed by atoms with Gasteiger partial charge in [-0.15, -0.1) is 10.2 Å². The van der Waals surface area contributed by atoms with Gasteiger partial charge < -0.3 is 4.74 Å². The average molecular weight is 410 g/mol. The van der Waals surface area contributed by atoms with E-state index in [0.717, 1.165) is 27.1 Å². The Labute approximate surface area is 141 Å². The normalized spacial score (nSPS) is 10.9. The number of hydrogen-bond donors (Lipinski definition) is 0. The fraction of sp³-hybridized carbons (Fsp3) is 0.286. The van der Waals surface area contributed by atoms with Crippen molar-refractivity contribution in [3.05, 3.63) is 39.7 Å². The minimum Gasteiger partial charge on any atom is -0.497 e. The third kappa shape index (κ3) is 2.96. The molecule has 22 heavy (non-hydrogen) atoms. The van der Waals surface area contributed by atoms with Crippen LogP contribution < -0.4 is 4.74 Å². The second-order valence-corrected chi connectivity index (χ2v) is 5.68. The van der Waals surface area contributed by atoms with Crippen LogP contribution in [0.15, 0.2) is 30.5 Å². The molecule has 7 nitrogen and oxygen atoms in total. The van der Waals surface area contributed by atoms with Gasteiger partial charge in [0, 0.05) is 6.54 Å². The number of nitrogens with zero attached hydrogens (tertiary/aromatic N) is 6. The lowest BCUT2D eigenvalue weighted by Gasteiger charge is -2.02.